The second-order valence-corrected chi connectivity index (χ2v) is 9.38. The van der Waals surface area contributed by atoms with Gasteiger partial charge in [-0.15, -0.1) is 0 Å². The number of methoxy groups -OCH3 is 1. The van der Waals surface area contributed by atoms with Crippen LogP contribution in [0.15, 0.2) is 12.2 Å². The molecular weight excluding hydrogens is 414 g/mol. The summed E-state index contributed by atoms with van der Waals surface area (Å²) in [6.07, 6.45) is 24.4. The zero-order valence-corrected chi connectivity index (χ0v) is 22.5. The molecule has 0 spiro atoms. The molecule has 1 atom stereocenters. The van der Waals surface area contributed by atoms with Crippen LogP contribution in [0.3, 0.4) is 0 Å². The summed E-state index contributed by atoms with van der Waals surface area (Å²) in [4.78, 5) is 13.2. The normalized spacial score (nSPS) is 12.6. The highest BCUT2D eigenvalue weighted by atomic mass is 16.5. The Hall–Kier alpha value is -0.910. The zero-order chi connectivity index (χ0) is 24.4. The highest BCUT2D eigenvalue weighted by molar-refractivity contribution is 5.68. The quantitative estimate of drug-likeness (QED) is 0.0823. The molecule has 0 aromatic carbocycles. The van der Waals surface area contributed by atoms with Crippen molar-refractivity contribution in [1.29, 1.82) is 0 Å². The molecule has 0 aliphatic heterocycles. The van der Waals surface area contributed by atoms with Gasteiger partial charge in [0.2, 0.25) is 0 Å². The summed E-state index contributed by atoms with van der Waals surface area (Å²) in [6.45, 7) is 5.00. The lowest BCUT2D eigenvalue weighted by atomic mass is 10.1. The minimum absolute atomic E-state index is 0.179. The van der Waals surface area contributed by atoms with Gasteiger partial charge in [0.25, 0.3) is 0 Å². The van der Waals surface area contributed by atoms with Crippen molar-refractivity contribution in [3.8, 4) is 0 Å². The molecule has 0 aliphatic carbocycles. The fourth-order valence-electron chi connectivity index (χ4n) is 3.66. The average Bonchev–Trinajstić information content (AvgIpc) is 2.81. The fraction of sp³-hybridized carbons (Fsp3) is 0.893. The molecule has 5 heteroatoms. The maximum atomic E-state index is 11.1. The Morgan fingerprint density at radius 2 is 1.21 bits per heavy atom. The van der Waals surface area contributed by atoms with E-state index in [0.29, 0.717) is 32.7 Å². The van der Waals surface area contributed by atoms with Crippen molar-refractivity contribution >= 4 is 5.97 Å². The Balaban J connectivity index is 3.43. The van der Waals surface area contributed by atoms with Crippen molar-refractivity contribution in [2.24, 2.45) is 0 Å². The van der Waals surface area contributed by atoms with Crippen molar-refractivity contribution in [1.82, 2.24) is 4.90 Å². The summed E-state index contributed by atoms with van der Waals surface area (Å²) in [7, 11) is 5.52. The number of esters is 1. The number of carbonyl (C=O) groups excluding carboxylic acids is 1. The van der Waals surface area contributed by atoms with Crippen LogP contribution in [0.25, 0.3) is 0 Å². The van der Waals surface area contributed by atoms with Gasteiger partial charge in [-0.05, 0) is 52.6 Å². The Morgan fingerprint density at radius 1 is 0.727 bits per heavy atom. The minimum Gasteiger partial charge on any atom is -0.469 e. The third-order valence-corrected chi connectivity index (χ3v) is 6.05. The Labute approximate surface area is 205 Å². The summed E-state index contributed by atoms with van der Waals surface area (Å²) in [5, 5.41) is 0. The number of ether oxygens (including phenoxy) is 3. The summed E-state index contributed by atoms with van der Waals surface area (Å²) in [5.74, 6) is -0.179. The van der Waals surface area contributed by atoms with Crippen LogP contribution in [0.1, 0.15) is 110 Å². The standard InChI is InChI=1S/C28H55NO4/c1-5-6-7-8-9-10-11-12-13-14-15-16-17-18-19-20-23-32-25-27(29(2)3)26-33-24-21-22-28(30)31-4/h12-13,27H,5-11,14-26H2,1-4H3/b13-12-. The van der Waals surface area contributed by atoms with Crippen LogP contribution in [-0.4, -0.2) is 64.5 Å². The summed E-state index contributed by atoms with van der Waals surface area (Å²) < 4.78 is 16.2. The molecule has 0 N–H and O–H groups in total. The SMILES string of the molecule is CCCCCCCC/C=C\CCCCCCCCOCC(COCCCC(=O)OC)N(C)C. The Kier molecular flexibility index (Phi) is 25.0. The molecule has 33 heavy (non-hydrogen) atoms. The molecule has 0 saturated carbocycles. The second kappa shape index (κ2) is 25.7. The van der Waals surface area contributed by atoms with Crippen LogP contribution in [0, 0.1) is 0 Å². The number of rotatable bonds is 25. The van der Waals surface area contributed by atoms with Gasteiger partial charge in [0.05, 0.1) is 26.4 Å². The monoisotopic (exact) mass is 469 g/mol. The average molecular weight is 470 g/mol. The predicted octanol–water partition coefficient (Wildman–Crippen LogP) is 6.94. The predicted molar refractivity (Wildman–Crippen MR) is 140 cm³/mol. The van der Waals surface area contributed by atoms with Crippen LogP contribution in [0.4, 0.5) is 0 Å². The van der Waals surface area contributed by atoms with E-state index in [2.05, 4.69) is 42.8 Å². The maximum Gasteiger partial charge on any atom is 0.305 e. The molecule has 0 aromatic rings. The Morgan fingerprint density at radius 3 is 1.73 bits per heavy atom. The summed E-state index contributed by atoms with van der Waals surface area (Å²) >= 11 is 0. The molecule has 196 valence electrons. The Bertz CT molecular complexity index is 440. The molecule has 0 amide bonds. The number of hydrogen-bond acceptors (Lipinski definition) is 5. The van der Waals surface area contributed by atoms with Gasteiger partial charge in [-0.25, -0.2) is 0 Å². The lowest BCUT2D eigenvalue weighted by Gasteiger charge is -2.24. The lowest BCUT2D eigenvalue weighted by molar-refractivity contribution is -0.141. The first-order valence-electron chi connectivity index (χ1n) is 13.7. The van der Waals surface area contributed by atoms with E-state index >= 15 is 0 Å². The highest BCUT2D eigenvalue weighted by Gasteiger charge is 2.12. The molecule has 0 aromatic heterocycles. The van der Waals surface area contributed by atoms with Gasteiger partial charge in [-0.2, -0.15) is 0 Å². The van der Waals surface area contributed by atoms with E-state index in [1.54, 1.807) is 0 Å². The zero-order valence-electron chi connectivity index (χ0n) is 22.5. The van der Waals surface area contributed by atoms with E-state index in [-0.39, 0.29) is 12.0 Å². The first-order valence-corrected chi connectivity index (χ1v) is 13.7. The number of nitrogens with zero attached hydrogens (tertiary/aromatic N) is 1. The van der Waals surface area contributed by atoms with Crippen molar-refractivity contribution in [2.75, 3.05) is 47.6 Å². The number of allylic oxidation sites excluding steroid dienone is 2. The van der Waals surface area contributed by atoms with Gasteiger partial charge < -0.3 is 19.1 Å². The van der Waals surface area contributed by atoms with Crippen molar-refractivity contribution in [2.45, 2.75) is 116 Å². The third kappa shape index (κ3) is 24.0. The maximum absolute atomic E-state index is 11.1. The largest absolute Gasteiger partial charge is 0.469 e. The van der Waals surface area contributed by atoms with Crippen molar-refractivity contribution in [3.05, 3.63) is 12.2 Å². The fourth-order valence-corrected chi connectivity index (χ4v) is 3.66. The topological polar surface area (TPSA) is 48.0 Å². The van der Waals surface area contributed by atoms with Crippen molar-refractivity contribution < 1.29 is 19.0 Å². The third-order valence-electron chi connectivity index (χ3n) is 6.05. The summed E-state index contributed by atoms with van der Waals surface area (Å²) in [5.41, 5.74) is 0. The second-order valence-electron chi connectivity index (χ2n) is 9.38. The molecular formula is C28H55NO4. The molecule has 1 unspecified atom stereocenters. The molecule has 0 aliphatic rings. The molecule has 5 nitrogen and oxygen atoms in total. The molecule has 0 radical (unpaired) electrons. The number of carbonyl (C=O) groups is 1. The molecule has 0 bridgehead atoms. The highest BCUT2D eigenvalue weighted by Crippen LogP contribution is 2.10. The molecule has 0 rings (SSSR count). The van der Waals surface area contributed by atoms with E-state index in [0.717, 1.165) is 13.0 Å². The number of hydrogen-bond donors (Lipinski definition) is 0. The van der Waals surface area contributed by atoms with Crippen molar-refractivity contribution in [3.63, 3.8) is 0 Å². The minimum atomic E-state index is -0.179. The van der Waals surface area contributed by atoms with Crippen LogP contribution >= 0.6 is 0 Å². The van der Waals surface area contributed by atoms with Crippen LogP contribution in [-0.2, 0) is 19.0 Å². The van der Waals surface area contributed by atoms with Gasteiger partial charge in [0, 0.05) is 19.6 Å². The molecule has 0 saturated heterocycles. The van der Waals surface area contributed by atoms with Crippen LogP contribution < -0.4 is 0 Å². The number of likely N-dealkylation sites (N-methyl/N-ethyl adjacent to an activating group) is 1. The van der Waals surface area contributed by atoms with E-state index < -0.39 is 0 Å². The molecule has 0 fully saturated rings. The van der Waals surface area contributed by atoms with E-state index in [1.165, 1.54) is 90.6 Å². The first kappa shape index (κ1) is 32.1. The van der Waals surface area contributed by atoms with Gasteiger partial charge in [-0.3, -0.25) is 4.79 Å². The van der Waals surface area contributed by atoms with E-state index in [9.17, 15) is 4.79 Å². The van der Waals surface area contributed by atoms with Gasteiger partial charge in [0.1, 0.15) is 0 Å². The first-order chi connectivity index (χ1) is 16.1. The smallest absolute Gasteiger partial charge is 0.305 e. The van der Waals surface area contributed by atoms with Gasteiger partial charge in [-0.1, -0.05) is 76.9 Å². The lowest BCUT2D eigenvalue weighted by Crippen LogP contribution is -2.37. The van der Waals surface area contributed by atoms with Gasteiger partial charge >= 0.3 is 5.97 Å². The summed E-state index contributed by atoms with van der Waals surface area (Å²) in [6, 6.07) is 0.247. The van der Waals surface area contributed by atoms with E-state index in [1.807, 2.05) is 0 Å². The molecule has 0 heterocycles. The van der Waals surface area contributed by atoms with Crippen LogP contribution in [0.2, 0.25) is 0 Å². The van der Waals surface area contributed by atoms with E-state index in [4.69, 9.17) is 9.47 Å². The number of unbranched alkanes of at least 4 members (excludes halogenated alkanes) is 12. The van der Waals surface area contributed by atoms with Crippen LogP contribution in [0.5, 0.6) is 0 Å². The van der Waals surface area contributed by atoms with Gasteiger partial charge in [0.15, 0.2) is 0 Å².